The van der Waals surface area contributed by atoms with E-state index in [1.807, 2.05) is 0 Å². The van der Waals surface area contributed by atoms with Crippen molar-refractivity contribution in [3.63, 3.8) is 0 Å². The number of halogens is 2. The smallest absolute Gasteiger partial charge is 0.238 e. The van der Waals surface area contributed by atoms with Crippen LogP contribution < -0.4 is 16.2 Å². The first-order valence-corrected chi connectivity index (χ1v) is 8.13. The molecule has 0 radical (unpaired) electrons. The van der Waals surface area contributed by atoms with Crippen molar-refractivity contribution in [3.05, 3.63) is 45.9 Å². The Hall–Kier alpha value is -1.47. The maximum Gasteiger partial charge on any atom is 0.238 e. The molecular formula is C13H13Cl2N3O2S. The fraction of sp³-hybridized carbons (Fsp3) is 0.0769. The summed E-state index contributed by atoms with van der Waals surface area (Å²) in [6.07, 6.45) is 0. The lowest BCUT2D eigenvalue weighted by atomic mass is 10.1. The highest BCUT2D eigenvalue weighted by Crippen LogP contribution is 2.32. The minimum atomic E-state index is -3.86. The number of benzene rings is 2. The molecule has 0 aliphatic heterocycles. The van der Waals surface area contributed by atoms with Crippen LogP contribution >= 0.6 is 23.2 Å². The Labute approximate surface area is 132 Å². The van der Waals surface area contributed by atoms with Crippen LogP contribution in [0.25, 0.3) is 0 Å². The Bertz CT molecular complexity index is 807. The molecule has 0 bridgehead atoms. The molecule has 0 aliphatic carbocycles. The lowest BCUT2D eigenvalue weighted by molar-refractivity contribution is 0.597. The molecule has 0 spiro atoms. The molecule has 0 fully saturated rings. The number of rotatable bonds is 3. The van der Waals surface area contributed by atoms with Crippen LogP contribution in [0.1, 0.15) is 5.56 Å². The van der Waals surface area contributed by atoms with E-state index in [-0.39, 0.29) is 10.6 Å². The average Bonchev–Trinajstić information content (AvgIpc) is 2.35. The van der Waals surface area contributed by atoms with E-state index in [0.29, 0.717) is 27.0 Å². The molecule has 2 aromatic carbocycles. The Morgan fingerprint density at radius 1 is 1.10 bits per heavy atom. The van der Waals surface area contributed by atoms with Gasteiger partial charge in [0.2, 0.25) is 10.0 Å². The summed E-state index contributed by atoms with van der Waals surface area (Å²) >= 11 is 11.9. The molecule has 112 valence electrons. The van der Waals surface area contributed by atoms with E-state index in [1.54, 1.807) is 31.2 Å². The van der Waals surface area contributed by atoms with Gasteiger partial charge in [-0.3, -0.25) is 0 Å². The summed E-state index contributed by atoms with van der Waals surface area (Å²) in [6, 6.07) is 7.85. The molecule has 2 rings (SSSR count). The third-order valence-corrected chi connectivity index (χ3v) is 4.47. The van der Waals surface area contributed by atoms with E-state index in [1.165, 1.54) is 6.07 Å². The molecule has 0 aromatic heterocycles. The van der Waals surface area contributed by atoms with Crippen LogP contribution in [-0.2, 0) is 10.0 Å². The maximum absolute atomic E-state index is 11.6. The zero-order valence-electron chi connectivity index (χ0n) is 11.0. The Morgan fingerprint density at radius 2 is 1.76 bits per heavy atom. The van der Waals surface area contributed by atoms with Crippen molar-refractivity contribution in [1.82, 2.24) is 0 Å². The van der Waals surface area contributed by atoms with Gasteiger partial charge < -0.3 is 11.1 Å². The summed E-state index contributed by atoms with van der Waals surface area (Å²) in [5, 5.41) is 9.12. The summed E-state index contributed by atoms with van der Waals surface area (Å²) in [5.74, 6) is 0. The molecule has 2 aromatic rings. The zero-order chi connectivity index (χ0) is 15.8. The van der Waals surface area contributed by atoms with Crippen molar-refractivity contribution in [2.75, 3.05) is 11.1 Å². The molecule has 5 N–H and O–H groups in total. The lowest BCUT2D eigenvalue weighted by Crippen LogP contribution is -2.15. The summed E-state index contributed by atoms with van der Waals surface area (Å²) in [5.41, 5.74) is 7.54. The Kier molecular flexibility index (Phi) is 4.34. The second kappa shape index (κ2) is 5.73. The highest BCUT2D eigenvalue weighted by molar-refractivity contribution is 7.89. The summed E-state index contributed by atoms with van der Waals surface area (Å²) < 4.78 is 23.1. The van der Waals surface area contributed by atoms with Gasteiger partial charge in [-0.05, 0) is 42.8 Å². The van der Waals surface area contributed by atoms with Crippen LogP contribution in [-0.4, -0.2) is 8.42 Å². The standard InChI is InChI=1S/C13H13Cl2N3O2S/c1-7-12(5-9(16)6-13(7)21(17,19)20)18-11-3-2-8(14)4-10(11)15/h2-6,18H,16H2,1H3,(H2,17,19,20). The van der Waals surface area contributed by atoms with Crippen LogP contribution in [0.2, 0.25) is 10.0 Å². The van der Waals surface area contributed by atoms with Crippen molar-refractivity contribution in [2.45, 2.75) is 11.8 Å². The molecule has 0 amide bonds. The predicted octanol–water partition coefficient (Wildman–Crippen LogP) is 3.28. The van der Waals surface area contributed by atoms with Gasteiger partial charge >= 0.3 is 0 Å². The Balaban J connectivity index is 2.52. The van der Waals surface area contributed by atoms with E-state index >= 15 is 0 Å². The van der Waals surface area contributed by atoms with Gasteiger partial charge in [0.1, 0.15) is 0 Å². The fourth-order valence-corrected chi connectivity index (χ4v) is 3.16. The van der Waals surface area contributed by atoms with Gasteiger partial charge in [0, 0.05) is 16.4 Å². The third-order valence-electron chi connectivity index (χ3n) is 2.89. The van der Waals surface area contributed by atoms with Gasteiger partial charge in [-0.25, -0.2) is 13.6 Å². The molecule has 0 heterocycles. The average molecular weight is 346 g/mol. The van der Waals surface area contributed by atoms with Crippen molar-refractivity contribution in [1.29, 1.82) is 0 Å². The second-order valence-electron chi connectivity index (χ2n) is 4.49. The lowest BCUT2D eigenvalue weighted by Gasteiger charge is -2.14. The number of anilines is 3. The molecular weight excluding hydrogens is 333 g/mol. The highest BCUT2D eigenvalue weighted by Gasteiger charge is 2.16. The van der Waals surface area contributed by atoms with E-state index in [0.717, 1.165) is 0 Å². The molecule has 8 heteroatoms. The van der Waals surface area contributed by atoms with Crippen molar-refractivity contribution < 1.29 is 8.42 Å². The van der Waals surface area contributed by atoms with Gasteiger partial charge in [-0.2, -0.15) is 0 Å². The van der Waals surface area contributed by atoms with Crippen molar-refractivity contribution in [3.8, 4) is 0 Å². The minimum absolute atomic E-state index is 0.0323. The fourth-order valence-electron chi connectivity index (χ4n) is 1.87. The van der Waals surface area contributed by atoms with Crippen LogP contribution in [0, 0.1) is 6.92 Å². The van der Waals surface area contributed by atoms with E-state index in [9.17, 15) is 8.42 Å². The monoisotopic (exact) mass is 345 g/mol. The third kappa shape index (κ3) is 3.59. The van der Waals surface area contributed by atoms with Gasteiger partial charge in [-0.1, -0.05) is 23.2 Å². The molecule has 0 saturated carbocycles. The van der Waals surface area contributed by atoms with Crippen molar-refractivity contribution >= 4 is 50.3 Å². The highest BCUT2D eigenvalue weighted by atomic mass is 35.5. The Morgan fingerprint density at radius 3 is 2.33 bits per heavy atom. The summed E-state index contributed by atoms with van der Waals surface area (Å²) in [7, 11) is -3.86. The number of sulfonamides is 1. The predicted molar refractivity (Wildman–Crippen MR) is 86.7 cm³/mol. The van der Waals surface area contributed by atoms with Crippen LogP contribution in [0.3, 0.4) is 0 Å². The van der Waals surface area contributed by atoms with E-state index in [4.69, 9.17) is 34.1 Å². The number of nitrogen functional groups attached to an aromatic ring is 1. The number of hydrogen-bond acceptors (Lipinski definition) is 4. The molecule has 21 heavy (non-hydrogen) atoms. The molecule has 5 nitrogen and oxygen atoms in total. The number of nitrogens with one attached hydrogen (secondary N) is 1. The summed E-state index contributed by atoms with van der Waals surface area (Å²) in [4.78, 5) is -0.0323. The topological polar surface area (TPSA) is 98.2 Å². The van der Waals surface area contributed by atoms with Gasteiger partial charge in [-0.15, -0.1) is 0 Å². The van der Waals surface area contributed by atoms with Crippen LogP contribution in [0.4, 0.5) is 17.1 Å². The van der Waals surface area contributed by atoms with Crippen LogP contribution in [0.15, 0.2) is 35.2 Å². The number of hydrogen-bond donors (Lipinski definition) is 3. The number of primary sulfonamides is 1. The SMILES string of the molecule is Cc1c(Nc2ccc(Cl)cc2Cl)cc(N)cc1S(N)(=O)=O. The maximum atomic E-state index is 11.6. The zero-order valence-corrected chi connectivity index (χ0v) is 13.4. The van der Waals surface area contributed by atoms with Gasteiger partial charge in [0.05, 0.1) is 15.6 Å². The van der Waals surface area contributed by atoms with Crippen molar-refractivity contribution in [2.24, 2.45) is 5.14 Å². The molecule has 0 atom stereocenters. The van der Waals surface area contributed by atoms with Gasteiger partial charge in [0.15, 0.2) is 0 Å². The summed E-state index contributed by atoms with van der Waals surface area (Å²) in [6.45, 7) is 1.63. The minimum Gasteiger partial charge on any atom is -0.399 e. The quantitative estimate of drug-likeness (QED) is 0.743. The first-order valence-electron chi connectivity index (χ1n) is 5.83. The molecule has 0 saturated heterocycles. The van der Waals surface area contributed by atoms with Crippen LogP contribution in [0.5, 0.6) is 0 Å². The van der Waals surface area contributed by atoms with E-state index in [2.05, 4.69) is 5.32 Å². The van der Waals surface area contributed by atoms with Gasteiger partial charge in [0.25, 0.3) is 0 Å². The second-order valence-corrected chi connectivity index (χ2v) is 6.86. The molecule has 0 aliphatic rings. The first-order chi connectivity index (χ1) is 9.68. The molecule has 0 unspecified atom stereocenters. The number of nitrogens with two attached hydrogens (primary N) is 2. The largest absolute Gasteiger partial charge is 0.399 e. The first kappa shape index (κ1) is 15.9. The normalized spacial score (nSPS) is 11.4. The van der Waals surface area contributed by atoms with E-state index < -0.39 is 10.0 Å².